The summed E-state index contributed by atoms with van der Waals surface area (Å²) in [5.41, 5.74) is 7.37. The maximum Gasteiger partial charge on any atom is 0.246 e. The van der Waals surface area contributed by atoms with Gasteiger partial charge in [-0.2, -0.15) is 0 Å². The average molecular weight is 443 g/mol. The van der Waals surface area contributed by atoms with E-state index in [0.717, 1.165) is 18.4 Å². The lowest BCUT2D eigenvalue weighted by Crippen LogP contribution is -2.48. The van der Waals surface area contributed by atoms with E-state index < -0.39 is 17.2 Å². The number of rotatable bonds is 5. The van der Waals surface area contributed by atoms with Crippen LogP contribution in [0.15, 0.2) is 49.1 Å². The van der Waals surface area contributed by atoms with Gasteiger partial charge in [-0.3, -0.25) is 9.59 Å². The first-order valence-corrected chi connectivity index (χ1v) is 10.5. The van der Waals surface area contributed by atoms with E-state index in [4.69, 9.17) is 10.7 Å². The summed E-state index contributed by atoms with van der Waals surface area (Å²) in [6.45, 7) is 0. The summed E-state index contributed by atoms with van der Waals surface area (Å²) < 4.78 is 15.1. The largest absolute Gasteiger partial charge is 0.368 e. The molecule has 1 aliphatic carbocycles. The maximum absolute atomic E-state index is 13.3. The van der Waals surface area contributed by atoms with Crippen LogP contribution in [0.1, 0.15) is 29.7 Å². The average Bonchev–Trinajstić information content (AvgIpc) is 3.44. The molecule has 9 nitrogen and oxygen atoms in total. The van der Waals surface area contributed by atoms with Gasteiger partial charge in [0.15, 0.2) is 16.9 Å². The molecule has 6 rings (SSSR count). The molecule has 1 fully saturated rings. The molecule has 3 N–H and O–H groups in total. The summed E-state index contributed by atoms with van der Waals surface area (Å²) >= 11 is 0. The monoisotopic (exact) mass is 443 g/mol. The molecule has 0 spiro atoms. The zero-order valence-electron chi connectivity index (χ0n) is 17.3. The second-order valence-corrected chi connectivity index (χ2v) is 8.39. The highest BCUT2D eigenvalue weighted by molar-refractivity contribution is 6.20. The minimum atomic E-state index is -1.41. The van der Waals surface area contributed by atoms with Crippen LogP contribution in [0, 0.1) is 11.7 Å². The number of primary amides is 1. The Morgan fingerprint density at radius 2 is 2.00 bits per heavy atom. The maximum atomic E-state index is 13.3. The van der Waals surface area contributed by atoms with E-state index in [0.29, 0.717) is 34.8 Å². The minimum absolute atomic E-state index is 0.131. The van der Waals surface area contributed by atoms with Crippen LogP contribution in [0.25, 0.3) is 17.2 Å². The van der Waals surface area contributed by atoms with Crippen molar-refractivity contribution in [3.8, 4) is 11.5 Å². The van der Waals surface area contributed by atoms with Crippen molar-refractivity contribution in [2.45, 2.75) is 24.7 Å². The van der Waals surface area contributed by atoms with E-state index >= 15 is 0 Å². The molecule has 2 aliphatic rings. The third kappa shape index (κ3) is 2.90. The van der Waals surface area contributed by atoms with Crippen LogP contribution in [-0.4, -0.2) is 36.2 Å². The molecule has 1 atom stereocenters. The number of carbonyl (C=O) groups excluding carboxylic acids is 2. The minimum Gasteiger partial charge on any atom is -0.368 e. The van der Waals surface area contributed by atoms with Crippen molar-refractivity contribution in [3.63, 3.8) is 0 Å². The first kappa shape index (κ1) is 19.5. The Bertz CT molecular complexity index is 1450. The second-order valence-electron chi connectivity index (χ2n) is 8.39. The fourth-order valence-corrected chi connectivity index (χ4v) is 4.60. The zero-order valence-corrected chi connectivity index (χ0v) is 17.3. The summed E-state index contributed by atoms with van der Waals surface area (Å²) in [7, 11) is 0. The Kier molecular flexibility index (Phi) is 4.07. The van der Waals surface area contributed by atoms with Crippen LogP contribution in [0.3, 0.4) is 0 Å². The number of fused-ring (bicyclic) bond motifs is 2. The van der Waals surface area contributed by atoms with Gasteiger partial charge in [0, 0.05) is 36.8 Å². The van der Waals surface area contributed by atoms with Crippen molar-refractivity contribution in [2.24, 2.45) is 11.7 Å². The number of imidazole rings is 1. The van der Waals surface area contributed by atoms with Gasteiger partial charge in [-0.05, 0) is 36.5 Å². The molecule has 1 unspecified atom stereocenters. The van der Waals surface area contributed by atoms with Crippen molar-refractivity contribution in [3.05, 3.63) is 71.7 Å². The molecule has 33 heavy (non-hydrogen) atoms. The van der Waals surface area contributed by atoms with Crippen molar-refractivity contribution >= 4 is 23.3 Å². The van der Waals surface area contributed by atoms with Gasteiger partial charge in [0.2, 0.25) is 11.8 Å². The number of hydrogen-bond acceptors (Lipinski definition) is 6. The topological polar surface area (TPSA) is 128 Å². The van der Waals surface area contributed by atoms with E-state index in [1.165, 1.54) is 18.3 Å². The van der Waals surface area contributed by atoms with Crippen molar-refractivity contribution < 1.29 is 14.0 Å². The molecule has 10 heteroatoms. The molecule has 0 radical (unpaired) electrons. The number of hydrogen-bond donors (Lipinski definition) is 2. The Morgan fingerprint density at radius 1 is 1.21 bits per heavy atom. The third-order valence-electron chi connectivity index (χ3n) is 6.34. The number of nitrogens with two attached hydrogens (primary N) is 1. The fourth-order valence-electron chi connectivity index (χ4n) is 4.60. The summed E-state index contributed by atoms with van der Waals surface area (Å²) in [4.78, 5) is 43.2. The molecule has 1 aromatic carbocycles. The van der Waals surface area contributed by atoms with Crippen LogP contribution >= 0.6 is 0 Å². The van der Waals surface area contributed by atoms with Gasteiger partial charge in [0.1, 0.15) is 17.3 Å². The summed E-state index contributed by atoms with van der Waals surface area (Å²) in [6, 6.07) is 6.20. The molecule has 2 amide bonds. The quantitative estimate of drug-likeness (QED) is 0.454. The molecule has 1 saturated carbocycles. The molecule has 164 valence electrons. The van der Waals surface area contributed by atoms with Gasteiger partial charge in [-0.1, -0.05) is 12.1 Å². The van der Waals surface area contributed by atoms with E-state index in [1.54, 1.807) is 30.7 Å². The van der Waals surface area contributed by atoms with Crippen molar-refractivity contribution in [1.82, 2.24) is 24.3 Å². The van der Waals surface area contributed by atoms with Gasteiger partial charge < -0.3 is 15.5 Å². The van der Waals surface area contributed by atoms with Gasteiger partial charge in [0.05, 0.1) is 5.69 Å². The summed E-state index contributed by atoms with van der Waals surface area (Å²) in [5.74, 6) is -0.998. The molecular weight excluding hydrogens is 425 g/mol. The molecule has 4 aromatic rings. The summed E-state index contributed by atoms with van der Waals surface area (Å²) in [5, 5.41) is 2.72. The van der Waals surface area contributed by atoms with E-state index in [2.05, 4.69) is 20.3 Å². The number of carbonyl (C=O) groups is 2. The van der Waals surface area contributed by atoms with Gasteiger partial charge >= 0.3 is 0 Å². The molecule has 3 aromatic heterocycles. The number of aromatic nitrogens is 5. The van der Waals surface area contributed by atoms with Crippen LogP contribution < -0.4 is 11.1 Å². The van der Waals surface area contributed by atoms with Crippen molar-refractivity contribution in [2.75, 3.05) is 5.32 Å². The lowest BCUT2D eigenvalue weighted by Gasteiger charge is -2.22. The first-order valence-electron chi connectivity index (χ1n) is 10.5. The van der Waals surface area contributed by atoms with Crippen LogP contribution in [0.4, 0.5) is 10.2 Å². The molecule has 0 saturated heterocycles. The highest BCUT2D eigenvalue weighted by Crippen LogP contribution is 2.52. The molecule has 0 bridgehead atoms. The number of benzene rings is 1. The van der Waals surface area contributed by atoms with Gasteiger partial charge in [-0.25, -0.2) is 24.3 Å². The van der Waals surface area contributed by atoms with E-state index in [9.17, 15) is 14.0 Å². The molecular formula is C23H18FN7O2. The Balaban J connectivity index is 1.43. The number of nitrogens with one attached hydrogen (secondary N) is 1. The number of halogens is 1. The fraction of sp³-hybridized carbons (Fsp3) is 0.217. The van der Waals surface area contributed by atoms with Gasteiger partial charge in [0.25, 0.3) is 0 Å². The van der Waals surface area contributed by atoms with Crippen molar-refractivity contribution in [1.29, 1.82) is 0 Å². The zero-order chi connectivity index (χ0) is 22.7. The molecule has 4 heterocycles. The SMILES string of the molecule is NC(=O)C1(C2CC2)C(=O)Nc2nc(-c3cn4ccnc4c(Cc4ccc(F)cc4)n3)ncc21. The van der Waals surface area contributed by atoms with Crippen LogP contribution in [0.2, 0.25) is 0 Å². The third-order valence-corrected chi connectivity index (χ3v) is 6.34. The predicted octanol–water partition coefficient (Wildman–Crippen LogP) is 2.00. The van der Waals surface area contributed by atoms with Crippen LogP contribution in [0.5, 0.6) is 0 Å². The van der Waals surface area contributed by atoms with Gasteiger partial charge in [-0.15, -0.1) is 0 Å². The standard InChI is InChI=1S/C23H18FN7O2/c24-14-5-1-12(2-6-14)9-16-20-26-7-8-31(20)11-17(28-16)19-27-10-15-18(29-19)30-22(33)23(15,21(25)32)13-3-4-13/h1-2,5-8,10-11,13H,3-4,9H2,(H2,25,32)(H,27,29,30,33). The number of amides is 2. The normalized spacial score (nSPS) is 19.5. The Hall–Kier alpha value is -4.21. The first-order chi connectivity index (χ1) is 16.0. The van der Waals surface area contributed by atoms with Crippen LogP contribution in [-0.2, 0) is 21.4 Å². The Morgan fingerprint density at radius 3 is 2.73 bits per heavy atom. The predicted molar refractivity (Wildman–Crippen MR) is 115 cm³/mol. The Labute approximate surface area is 186 Å². The van der Waals surface area contributed by atoms with E-state index in [-0.39, 0.29) is 17.6 Å². The van der Waals surface area contributed by atoms with E-state index in [1.807, 2.05) is 4.40 Å². The number of anilines is 1. The highest BCUT2D eigenvalue weighted by atomic mass is 19.1. The smallest absolute Gasteiger partial charge is 0.246 e. The highest BCUT2D eigenvalue weighted by Gasteiger charge is 2.61. The number of nitrogens with zero attached hydrogens (tertiary/aromatic N) is 5. The summed E-state index contributed by atoms with van der Waals surface area (Å²) in [6.07, 6.45) is 8.63. The second kappa shape index (κ2) is 6.89. The molecule has 1 aliphatic heterocycles. The lowest BCUT2D eigenvalue weighted by atomic mass is 9.77. The lowest BCUT2D eigenvalue weighted by molar-refractivity contribution is -0.133.